The van der Waals surface area contributed by atoms with E-state index in [4.69, 9.17) is 14.5 Å². The number of hydrazone groups is 1. The Morgan fingerprint density at radius 3 is 2.57 bits per heavy atom. The number of carbonyl (C=O) groups excluding carboxylic acids is 1. The Hall–Kier alpha value is -3.20. The lowest BCUT2D eigenvalue weighted by Gasteiger charge is -2.34. The fraction of sp³-hybridized carbons (Fsp3) is 0.286. The van der Waals surface area contributed by atoms with E-state index in [-0.39, 0.29) is 23.2 Å². The van der Waals surface area contributed by atoms with Gasteiger partial charge in [-0.15, -0.1) is 5.10 Å². The topological polar surface area (TPSA) is 95.8 Å². The molecular weight excluding hydrogens is 404 g/mol. The van der Waals surface area contributed by atoms with E-state index >= 15 is 0 Å². The second kappa shape index (κ2) is 8.27. The van der Waals surface area contributed by atoms with E-state index in [2.05, 4.69) is 17.3 Å². The number of nitrogens with zero attached hydrogens (tertiary/aromatic N) is 3. The van der Waals surface area contributed by atoms with Crippen molar-refractivity contribution in [2.75, 3.05) is 20.0 Å². The monoisotopic (exact) mass is 426 g/mol. The first-order valence-corrected chi connectivity index (χ1v) is 10.5. The fourth-order valence-electron chi connectivity index (χ4n) is 3.37. The van der Waals surface area contributed by atoms with E-state index in [0.29, 0.717) is 27.0 Å². The molecule has 1 amide bonds. The molecule has 1 atom stereocenters. The summed E-state index contributed by atoms with van der Waals surface area (Å²) in [7, 11) is 2.93. The maximum Gasteiger partial charge on any atom is 0.276 e. The average molecular weight is 426 g/mol. The Balaban J connectivity index is 1.92. The summed E-state index contributed by atoms with van der Waals surface area (Å²) in [6, 6.07) is 10.8. The quantitative estimate of drug-likeness (QED) is 0.756. The number of ether oxygens (including phenoxy) is 2. The summed E-state index contributed by atoms with van der Waals surface area (Å²) in [4.78, 5) is 17.9. The maximum absolute atomic E-state index is 13.0. The van der Waals surface area contributed by atoms with Crippen LogP contribution in [0.1, 0.15) is 25.1 Å². The Labute approximate surface area is 177 Å². The molecule has 2 aromatic rings. The van der Waals surface area contributed by atoms with Crippen molar-refractivity contribution in [2.24, 2.45) is 10.1 Å². The Bertz CT molecular complexity index is 1120. The zero-order valence-corrected chi connectivity index (χ0v) is 17.7. The number of para-hydroxylation sites is 1. The molecule has 0 saturated carbocycles. The lowest BCUT2D eigenvalue weighted by atomic mass is 10.1. The van der Waals surface area contributed by atoms with Gasteiger partial charge in [0.2, 0.25) is 5.75 Å². The van der Waals surface area contributed by atoms with Crippen molar-refractivity contribution in [3.63, 3.8) is 0 Å². The average Bonchev–Trinajstić information content (AvgIpc) is 2.77. The molecule has 0 saturated heterocycles. The molecule has 0 radical (unpaired) electrons. The van der Waals surface area contributed by atoms with Gasteiger partial charge in [-0.05, 0) is 24.6 Å². The van der Waals surface area contributed by atoms with Gasteiger partial charge in [0, 0.05) is 16.5 Å². The molecule has 2 heterocycles. The molecule has 2 aliphatic heterocycles. The van der Waals surface area contributed by atoms with Gasteiger partial charge in [-0.3, -0.25) is 15.1 Å². The van der Waals surface area contributed by atoms with Crippen molar-refractivity contribution in [3.8, 4) is 17.2 Å². The van der Waals surface area contributed by atoms with Gasteiger partial charge in [-0.25, -0.2) is 5.01 Å². The summed E-state index contributed by atoms with van der Waals surface area (Å²) >= 11 is 1.49. The van der Waals surface area contributed by atoms with Gasteiger partial charge in [0.25, 0.3) is 5.91 Å². The smallest absolute Gasteiger partial charge is 0.276 e. The van der Waals surface area contributed by atoms with Gasteiger partial charge in [-0.2, -0.15) is 0 Å². The number of amidine groups is 1. The maximum atomic E-state index is 13.0. The molecule has 4 rings (SSSR count). The minimum Gasteiger partial charge on any atom is -0.502 e. The summed E-state index contributed by atoms with van der Waals surface area (Å²) in [5.74, 6) is 1.02. The molecular formula is C21H22N4O4S. The van der Waals surface area contributed by atoms with Gasteiger partial charge in [0.15, 0.2) is 22.8 Å². The van der Waals surface area contributed by atoms with Gasteiger partial charge >= 0.3 is 0 Å². The number of aromatic hydroxyl groups is 1. The van der Waals surface area contributed by atoms with Crippen LogP contribution in [-0.4, -0.2) is 41.2 Å². The van der Waals surface area contributed by atoms with Crippen LogP contribution in [0.5, 0.6) is 17.2 Å². The van der Waals surface area contributed by atoms with Gasteiger partial charge in [0.05, 0.1) is 19.6 Å². The molecule has 0 aromatic heterocycles. The Morgan fingerprint density at radius 2 is 1.90 bits per heavy atom. The van der Waals surface area contributed by atoms with E-state index in [1.165, 1.54) is 26.0 Å². The van der Waals surface area contributed by atoms with Crippen LogP contribution in [0.15, 0.2) is 46.5 Å². The Morgan fingerprint density at radius 1 is 1.20 bits per heavy atom. The third-order valence-electron chi connectivity index (χ3n) is 4.76. The number of hydrogen-bond donors (Lipinski definition) is 2. The van der Waals surface area contributed by atoms with E-state index < -0.39 is 6.17 Å². The lowest BCUT2D eigenvalue weighted by Crippen LogP contribution is -2.50. The third-order valence-corrected chi connectivity index (χ3v) is 5.83. The largest absolute Gasteiger partial charge is 0.502 e. The molecule has 2 N–H and O–H groups in total. The number of phenolic OH excluding ortho intramolecular Hbond substituents is 1. The SMILES string of the molecule is CCCSC1=NN2C(=c3ccccc3=NC2c2cc(OC)c(O)c(OC)c2)C(=O)N1. The van der Waals surface area contributed by atoms with Crippen LogP contribution in [0.25, 0.3) is 5.70 Å². The second-order valence-electron chi connectivity index (χ2n) is 6.69. The molecule has 2 aliphatic rings. The van der Waals surface area contributed by atoms with Crippen LogP contribution in [0.3, 0.4) is 0 Å². The summed E-state index contributed by atoms with van der Waals surface area (Å²) < 4.78 is 10.6. The molecule has 30 heavy (non-hydrogen) atoms. The standard InChI is InChI=1S/C21H22N4O4S/c1-4-9-30-21-23-20(27)17-13-7-5-6-8-14(13)22-19(25(17)24-21)12-10-15(28-2)18(26)16(11-12)29-3/h5-8,10-11,19,26H,4,9H2,1-3H3,(H,23,24,27). The van der Waals surface area contributed by atoms with E-state index in [0.717, 1.165) is 12.2 Å². The number of amides is 1. The first-order valence-electron chi connectivity index (χ1n) is 9.51. The minimum atomic E-state index is -0.624. The molecule has 8 nitrogen and oxygen atoms in total. The summed E-state index contributed by atoms with van der Waals surface area (Å²) in [5.41, 5.74) is 1.10. The number of thioether (sulfide) groups is 1. The number of hydrogen-bond acceptors (Lipinski definition) is 8. The van der Waals surface area contributed by atoms with Crippen molar-refractivity contribution in [1.29, 1.82) is 0 Å². The second-order valence-corrected chi connectivity index (χ2v) is 7.78. The van der Waals surface area contributed by atoms with Crippen molar-refractivity contribution in [1.82, 2.24) is 10.3 Å². The summed E-state index contributed by atoms with van der Waals surface area (Å²) in [6.07, 6.45) is 0.334. The fourth-order valence-corrected chi connectivity index (χ4v) is 4.08. The normalized spacial score (nSPS) is 17.4. The van der Waals surface area contributed by atoms with Crippen molar-refractivity contribution < 1.29 is 19.4 Å². The number of nitrogens with one attached hydrogen (secondary N) is 1. The number of methoxy groups -OCH3 is 2. The van der Waals surface area contributed by atoms with Crippen LogP contribution in [-0.2, 0) is 4.79 Å². The highest BCUT2D eigenvalue weighted by Crippen LogP contribution is 2.41. The van der Waals surface area contributed by atoms with Crippen LogP contribution in [0.2, 0.25) is 0 Å². The molecule has 9 heteroatoms. The van der Waals surface area contributed by atoms with Crippen LogP contribution < -0.4 is 25.4 Å². The lowest BCUT2D eigenvalue weighted by molar-refractivity contribution is -0.116. The van der Waals surface area contributed by atoms with Crippen LogP contribution >= 0.6 is 11.8 Å². The van der Waals surface area contributed by atoms with Crippen LogP contribution in [0, 0.1) is 0 Å². The molecule has 0 spiro atoms. The molecule has 0 bridgehead atoms. The first-order chi connectivity index (χ1) is 14.6. The zero-order chi connectivity index (χ0) is 21.3. The number of benzene rings is 2. The number of phenols is 1. The molecule has 1 unspecified atom stereocenters. The minimum absolute atomic E-state index is 0.0942. The highest BCUT2D eigenvalue weighted by molar-refractivity contribution is 8.13. The zero-order valence-electron chi connectivity index (χ0n) is 16.9. The molecule has 0 fully saturated rings. The first kappa shape index (κ1) is 20.1. The molecule has 156 valence electrons. The number of rotatable bonds is 5. The van der Waals surface area contributed by atoms with Crippen molar-refractivity contribution >= 4 is 28.5 Å². The van der Waals surface area contributed by atoms with Gasteiger partial charge in [-0.1, -0.05) is 36.9 Å². The van der Waals surface area contributed by atoms with Gasteiger partial charge < -0.3 is 14.6 Å². The number of fused-ring (bicyclic) bond motifs is 2. The van der Waals surface area contributed by atoms with E-state index in [1.807, 2.05) is 24.3 Å². The predicted molar refractivity (Wildman–Crippen MR) is 115 cm³/mol. The number of carbonyl (C=O) groups is 1. The third kappa shape index (κ3) is 3.45. The van der Waals surface area contributed by atoms with Crippen LogP contribution in [0.4, 0.5) is 0 Å². The summed E-state index contributed by atoms with van der Waals surface area (Å²) in [6.45, 7) is 2.07. The van der Waals surface area contributed by atoms with E-state index in [1.54, 1.807) is 17.1 Å². The summed E-state index contributed by atoms with van der Waals surface area (Å²) in [5, 5.41) is 21.4. The van der Waals surface area contributed by atoms with E-state index in [9.17, 15) is 9.90 Å². The Kier molecular flexibility index (Phi) is 5.54. The highest BCUT2D eigenvalue weighted by Gasteiger charge is 2.35. The molecule has 2 aromatic carbocycles. The van der Waals surface area contributed by atoms with Crippen molar-refractivity contribution in [2.45, 2.75) is 19.5 Å². The highest BCUT2D eigenvalue weighted by atomic mass is 32.2. The predicted octanol–water partition coefficient (Wildman–Crippen LogP) is 1.70. The molecule has 0 aliphatic carbocycles. The van der Waals surface area contributed by atoms with Crippen molar-refractivity contribution in [3.05, 3.63) is 52.5 Å². The van der Waals surface area contributed by atoms with Gasteiger partial charge in [0.1, 0.15) is 5.70 Å².